The van der Waals surface area contributed by atoms with Crippen molar-refractivity contribution in [3.63, 3.8) is 0 Å². The molecule has 0 fully saturated rings. The van der Waals surface area contributed by atoms with Gasteiger partial charge in [-0.25, -0.2) is 9.59 Å². The van der Waals surface area contributed by atoms with Gasteiger partial charge in [0.1, 0.15) is 24.5 Å². The largest absolute Gasteiger partial charge is 0.480 e. The van der Waals surface area contributed by atoms with Crippen molar-refractivity contribution in [2.45, 2.75) is 56.1 Å². The fraction of sp³-hybridized carbons (Fsp3) is 0.647. The Morgan fingerprint density at radius 3 is 1.81 bits per heavy atom. The molecule has 0 bridgehead atoms. The van der Waals surface area contributed by atoms with E-state index in [1.54, 1.807) is 0 Å². The first-order chi connectivity index (χ1) is 14.9. The smallest absolute Gasteiger partial charge is 0.335 e. The van der Waals surface area contributed by atoms with Crippen molar-refractivity contribution in [1.29, 1.82) is 0 Å². The van der Waals surface area contributed by atoms with Gasteiger partial charge >= 0.3 is 11.9 Å². The van der Waals surface area contributed by atoms with Crippen LogP contribution in [0.2, 0.25) is 0 Å². The first-order valence-corrected chi connectivity index (χ1v) is 9.37. The van der Waals surface area contributed by atoms with Gasteiger partial charge in [-0.2, -0.15) is 0 Å². The van der Waals surface area contributed by atoms with Crippen LogP contribution in [0.4, 0.5) is 0 Å². The lowest BCUT2D eigenvalue weighted by atomic mass is 10.0. The molecule has 0 aromatic rings. The van der Waals surface area contributed by atoms with E-state index in [2.05, 4.69) is 16.0 Å². The predicted molar refractivity (Wildman–Crippen MR) is 102 cm³/mol. The summed E-state index contributed by atoms with van der Waals surface area (Å²) in [4.78, 5) is 66.8. The zero-order chi connectivity index (χ0) is 24.8. The molecule has 0 spiro atoms. The summed E-state index contributed by atoms with van der Waals surface area (Å²) < 4.78 is 0. The van der Waals surface area contributed by atoms with Crippen molar-refractivity contribution >= 4 is 35.9 Å². The molecule has 15 heteroatoms. The van der Waals surface area contributed by atoms with E-state index in [0.717, 1.165) is 0 Å². The number of carboxylic acids is 2. The van der Waals surface area contributed by atoms with Crippen molar-refractivity contribution in [2.24, 2.45) is 0 Å². The summed E-state index contributed by atoms with van der Waals surface area (Å²) in [5.74, 6) is -5.72. The zero-order valence-corrected chi connectivity index (χ0v) is 16.8. The Labute approximate surface area is 181 Å². The number of aliphatic hydroxyl groups is 4. The van der Waals surface area contributed by atoms with Gasteiger partial charge < -0.3 is 51.4 Å². The second-order valence-corrected chi connectivity index (χ2v) is 6.55. The molecule has 5 atom stereocenters. The summed E-state index contributed by atoms with van der Waals surface area (Å²) in [5, 5.41) is 61.7. The van der Waals surface area contributed by atoms with E-state index in [-0.39, 0.29) is 38.8 Å². The predicted octanol–water partition coefficient (Wildman–Crippen LogP) is -4.92. The van der Waals surface area contributed by atoms with Crippen LogP contribution in [0.1, 0.15) is 25.7 Å². The Bertz CT molecular complexity index is 686. The van der Waals surface area contributed by atoms with Crippen LogP contribution < -0.4 is 16.0 Å². The van der Waals surface area contributed by atoms with Gasteiger partial charge in [-0.05, 0) is 6.42 Å². The molecule has 3 amide bonds. The molecule has 0 saturated heterocycles. The Balaban J connectivity index is 4.25. The molecule has 0 aromatic heterocycles. The number of aliphatic hydroxyl groups excluding tert-OH is 4. The summed E-state index contributed by atoms with van der Waals surface area (Å²) >= 11 is 0. The number of carbonyl (C=O) groups excluding carboxylic acids is 4. The van der Waals surface area contributed by atoms with E-state index in [4.69, 9.17) is 15.3 Å². The molecule has 15 nitrogen and oxygen atoms in total. The van der Waals surface area contributed by atoms with Crippen LogP contribution in [0, 0.1) is 0 Å². The number of aliphatic carboxylic acids is 2. The molecular weight excluding hydrogens is 438 g/mol. The van der Waals surface area contributed by atoms with Crippen LogP contribution in [0.5, 0.6) is 0 Å². The third-order valence-corrected chi connectivity index (χ3v) is 4.05. The van der Waals surface area contributed by atoms with Crippen molar-refractivity contribution in [1.82, 2.24) is 16.0 Å². The fourth-order valence-electron chi connectivity index (χ4n) is 2.24. The van der Waals surface area contributed by atoms with Crippen molar-refractivity contribution in [3.05, 3.63) is 0 Å². The zero-order valence-electron chi connectivity index (χ0n) is 16.8. The topological polar surface area (TPSA) is 260 Å². The Kier molecular flexibility index (Phi) is 13.3. The molecular formula is C17H27N3O12. The minimum Gasteiger partial charge on any atom is -0.480 e. The van der Waals surface area contributed by atoms with E-state index < -0.39 is 60.1 Å². The SMILES string of the molecule is O=CCC[C@H](NC(=O)CCNC(=O)CCNC(=O)[C@H](O)[C@H](O)[C@H](O)[C@@H](O)C(=O)O)C(=O)O. The van der Waals surface area contributed by atoms with Crippen LogP contribution in [-0.2, 0) is 28.8 Å². The van der Waals surface area contributed by atoms with Gasteiger partial charge in [0.15, 0.2) is 12.2 Å². The third kappa shape index (κ3) is 10.8. The highest BCUT2D eigenvalue weighted by molar-refractivity contribution is 5.85. The molecule has 9 N–H and O–H groups in total. The van der Waals surface area contributed by atoms with Gasteiger partial charge in [0.25, 0.3) is 5.91 Å². The van der Waals surface area contributed by atoms with E-state index in [0.29, 0.717) is 6.29 Å². The van der Waals surface area contributed by atoms with Crippen molar-refractivity contribution < 1.29 is 59.4 Å². The summed E-state index contributed by atoms with van der Waals surface area (Å²) in [6.45, 7) is -0.482. The van der Waals surface area contributed by atoms with Crippen LogP contribution >= 0.6 is 0 Å². The molecule has 0 rings (SSSR count). The van der Waals surface area contributed by atoms with E-state index in [1.807, 2.05) is 0 Å². The van der Waals surface area contributed by atoms with Gasteiger partial charge in [0, 0.05) is 32.4 Å². The number of carbonyl (C=O) groups is 6. The minimum absolute atomic E-state index is 0.0511. The van der Waals surface area contributed by atoms with E-state index in [1.165, 1.54) is 0 Å². The number of hydrogen-bond acceptors (Lipinski definition) is 10. The molecule has 0 radical (unpaired) electrons. The van der Waals surface area contributed by atoms with Gasteiger partial charge in [-0.3, -0.25) is 14.4 Å². The molecule has 0 saturated carbocycles. The quantitative estimate of drug-likeness (QED) is 0.0971. The molecule has 0 unspecified atom stereocenters. The summed E-state index contributed by atoms with van der Waals surface area (Å²) in [7, 11) is 0. The lowest BCUT2D eigenvalue weighted by Crippen LogP contribution is -2.52. The van der Waals surface area contributed by atoms with Crippen LogP contribution in [0.25, 0.3) is 0 Å². The van der Waals surface area contributed by atoms with Crippen LogP contribution in [0.15, 0.2) is 0 Å². The van der Waals surface area contributed by atoms with Gasteiger partial charge in [-0.15, -0.1) is 0 Å². The van der Waals surface area contributed by atoms with Crippen molar-refractivity contribution in [3.8, 4) is 0 Å². The first kappa shape index (κ1) is 28.9. The number of hydrogen-bond donors (Lipinski definition) is 9. The number of nitrogens with one attached hydrogen (secondary N) is 3. The minimum atomic E-state index is -2.44. The highest BCUT2D eigenvalue weighted by Crippen LogP contribution is 2.06. The van der Waals surface area contributed by atoms with E-state index in [9.17, 15) is 44.1 Å². The normalized spacial score (nSPS) is 15.4. The number of aldehydes is 1. The molecule has 0 aliphatic rings. The second kappa shape index (κ2) is 14.8. The summed E-state index contributed by atoms with van der Waals surface area (Å²) in [5.41, 5.74) is 0. The van der Waals surface area contributed by atoms with Gasteiger partial charge in [0.05, 0.1) is 0 Å². The number of amides is 3. The second-order valence-electron chi connectivity index (χ2n) is 6.55. The van der Waals surface area contributed by atoms with Gasteiger partial charge in [-0.1, -0.05) is 0 Å². The molecule has 182 valence electrons. The molecule has 0 aliphatic heterocycles. The number of carboxylic acid groups (broad SMARTS) is 2. The highest BCUT2D eigenvalue weighted by Gasteiger charge is 2.37. The maximum absolute atomic E-state index is 11.7. The lowest BCUT2D eigenvalue weighted by Gasteiger charge is -2.23. The maximum atomic E-state index is 11.7. The average Bonchev–Trinajstić information content (AvgIpc) is 2.73. The molecule has 0 aromatic carbocycles. The lowest BCUT2D eigenvalue weighted by molar-refractivity contribution is -0.166. The summed E-state index contributed by atoms with van der Waals surface area (Å²) in [6, 6.07) is -1.24. The number of rotatable bonds is 16. The van der Waals surface area contributed by atoms with E-state index >= 15 is 0 Å². The molecule has 0 aliphatic carbocycles. The highest BCUT2D eigenvalue weighted by atomic mass is 16.4. The first-order valence-electron chi connectivity index (χ1n) is 9.37. The molecule has 0 heterocycles. The van der Waals surface area contributed by atoms with Crippen molar-refractivity contribution in [2.75, 3.05) is 13.1 Å². The maximum Gasteiger partial charge on any atom is 0.335 e. The third-order valence-electron chi connectivity index (χ3n) is 4.05. The van der Waals surface area contributed by atoms with Crippen LogP contribution in [0.3, 0.4) is 0 Å². The van der Waals surface area contributed by atoms with Gasteiger partial charge in [0.2, 0.25) is 11.8 Å². The Hall–Kier alpha value is -3.14. The average molecular weight is 465 g/mol. The molecule has 32 heavy (non-hydrogen) atoms. The monoisotopic (exact) mass is 465 g/mol. The fourth-order valence-corrected chi connectivity index (χ4v) is 2.24. The standard InChI is InChI=1S/C17H27N3O12/c21-7-1-2-8(16(29)30)20-10(23)4-5-18-9(22)3-6-19-15(28)13(26)11(24)12(25)14(27)17(31)32/h7-8,11-14,24-27H,1-6H2,(H,18,22)(H,19,28)(H,20,23)(H,29,30)(H,31,32)/t8-,11+,12-,13+,14+/m0/s1. The van der Waals surface area contributed by atoms with Crippen LogP contribution in [-0.4, -0.2) is 110 Å². The summed E-state index contributed by atoms with van der Waals surface area (Å²) in [6.07, 6.45) is -9.56. The Morgan fingerprint density at radius 1 is 0.750 bits per heavy atom. The Morgan fingerprint density at radius 2 is 1.28 bits per heavy atom.